The van der Waals surface area contributed by atoms with Crippen LogP contribution in [0.5, 0.6) is 0 Å². The number of halogens is 1. The highest BCUT2D eigenvalue weighted by atomic mass is 79.9. The van der Waals surface area contributed by atoms with Gasteiger partial charge in [-0.3, -0.25) is 0 Å². The highest BCUT2D eigenvalue weighted by molar-refractivity contribution is 9.10. The Kier molecular flexibility index (Phi) is 4.17. The third-order valence-electron chi connectivity index (χ3n) is 3.23. The number of nitriles is 1. The standard InChI is InChI=1S/C11H8N2.C7H4BrN/c1-2-6-10-8(4-1)9-5-3-7-12-11(9)13-10;8-7-3-1-2-6(4-7)5-9/h1-7H,(H,12,13);1-4H. The Hall–Kier alpha value is -2.64. The summed E-state index contributed by atoms with van der Waals surface area (Å²) in [5.41, 5.74) is 2.80. The van der Waals surface area contributed by atoms with Crippen molar-refractivity contribution in [2.24, 2.45) is 0 Å². The van der Waals surface area contributed by atoms with E-state index in [9.17, 15) is 0 Å². The lowest BCUT2D eigenvalue weighted by molar-refractivity contribution is 1.35. The molecule has 0 aliphatic rings. The predicted octanol–water partition coefficient (Wildman–Crippen LogP) is 5.04. The van der Waals surface area contributed by atoms with Crippen LogP contribution >= 0.6 is 15.9 Å². The van der Waals surface area contributed by atoms with Crippen molar-refractivity contribution in [3.63, 3.8) is 0 Å². The third-order valence-corrected chi connectivity index (χ3v) is 3.72. The second kappa shape index (κ2) is 6.42. The molecule has 106 valence electrons. The van der Waals surface area contributed by atoms with Crippen molar-refractivity contribution in [3.8, 4) is 6.07 Å². The molecule has 0 saturated carbocycles. The molecular formula is C18H12BrN3. The zero-order valence-corrected chi connectivity index (χ0v) is 13.2. The van der Waals surface area contributed by atoms with Crippen LogP contribution in [0.4, 0.5) is 0 Å². The van der Waals surface area contributed by atoms with E-state index in [1.807, 2.05) is 36.4 Å². The smallest absolute Gasteiger partial charge is 0.138 e. The monoisotopic (exact) mass is 349 g/mol. The average Bonchev–Trinajstić information content (AvgIpc) is 2.94. The van der Waals surface area contributed by atoms with E-state index in [0.717, 1.165) is 15.6 Å². The molecule has 22 heavy (non-hydrogen) atoms. The lowest BCUT2D eigenvalue weighted by atomic mass is 10.2. The molecule has 0 radical (unpaired) electrons. The fraction of sp³-hybridized carbons (Fsp3) is 0. The largest absolute Gasteiger partial charge is 0.339 e. The first-order chi connectivity index (χ1) is 10.8. The predicted molar refractivity (Wildman–Crippen MR) is 92.5 cm³/mol. The van der Waals surface area contributed by atoms with Crippen molar-refractivity contribution in [2.75, 3.05) is 0 Å². The van der Waals surface area contributed by atoms with Crippen LogP contribution in [-0.2, 0) is 0 Å². The van der Waals surface area contributed by atoms with E-state index in [-0.39, 0.29) is 0 Å². The lowest BCUT2D eigenvalue weighted by Gasteiger charge is -1.87. The summed E-state index contributed by atoms with van der Waals surface area (Å²) in [4.78, 5) is 7.53. The maximum atomic E-state index is 8.39. The van der Waals surface area contributed by atoms with E-state index in [4.69, 9.17) is 5.26 Å². The van der Waals surface area contributed by atoms with Gasteiger partial charge in [-0.1, -0.05) is 40.2 Å². The molecule has 0 amide bonds. The van der Waals surface area contributed by atoms with Gasteiger partial charge in [-0.2, -0.15) is 5.26 Å². The number of H-pyrrole nitrogens is 1. The van der Waals surface area contributed by atoms with Crippen LogP contribution < -0.4 is 0 Å². The van der Waals surface area contributed by atoms with Crippen molar-refractivity contribution in [2.45, 2.75) is 0 Å². The Labute approximate surface area is 136 Å². The summed E-state index contributed by atoms with van der Waals surface area (Å²) < 4.78 is 0.946. The molecule has 0 aliphatic carbocycles. The van der Waals surface area contributed by atoms with Crippen molar-refractivity contribution >= 4 is 37.9 Å². The molecule has 0 aliphatic heterocycles. The molecule has 2 heterocycles. The summed E-state index contributed by atoms with van der Waals surface area (Å²) >= 11 is 3.25. The number of hydrogen-bond donors (Lipinski definition) is 1. The summed E-state index contributed by atoms with van der Waals surface area (Å²) in [5, 5.41) is 10.8. The number of benzene rings is 2. The highest BCUT2D eigenvalue weighted by Crippen LogP contribution is 2.22. The Morgan fingerprint density at radius 1 is 0.955 bits per heavy atom. The second-order valence-electron chi connectivity index (χ2n) is 4.69. The SMILES string of the molecule is N#Cc1cccc(Br)c1.c1ccc2c(c1)[nH]c1ncccc12. The fourth-order valence-electron chi connectivity index (χ4n) is 2.23. The summed E-state index contributed by atoms with van der Waals surface area (Å²) in [5.74, 6) is 0. The average molecular weight is 350 g/mol. The second-order valence-corrected chi connectivity index (χ2v) is 5.61. The summed E-state index contributed by atoms with van der Waals surface area (Å²) in [6.07, 6.45) is 1.80. The number of aromatic amines is 1. The van der Waals surface area contributed by atoms with Crippen molar-refractivity contribution in [3.05, 3.63) is 76.9 Å². The number of aromatic nitrogens is 2. The van der Waals surface area contributed by atoms with Gasteiger partial charge in [0.2, 0.25) is 0 Å². The number of nitrogens with one attached hydrogen (secondary N) is 1. The van der Waals surface area contributed by atoms with Gasteiger partial charge in [0.25, 0.3) is 0 Å². The zero-order chi connectivity index (χ0) is 15.4. The fourth-order valence-corrected chi connectivity index (χ4v) is 2.63. The van der Waals surface area contributed by atoms with Gasteiger partial charge in [0.05, 0.1) is 11.6 Å². The Balaban J connectivity index is 0.000000142. The number of nitrogens with zero attached hydrogens (tertiary/aromatic N) is 2. The van der Waals surface area contributed by atoms with E-state index in [0.29, 0.717) is 5.56 Å². The van der Waals surface area contributed by atoms with Crippen molar-refractivity contribution in [1.82, 2.24) is 9.97 Å². The van der Waals surface area contributed by atoms with E-state index < -0.39 is 0 Å². The number of rotatable bonds is 0. The quantitative estimate of drug-likeness (QED) is 0.483. The molecule has 0 bridgehead atoms. The Morgan fingerprint density at radius 3 is 2.55 bits per heavy atom. The van der Waals surface area contributed by atoms with Crippen LogP contribution in [0.15, 0.2) is 71.3 Å². The first-order valence-corrected chi connectivity index (χ1v) is 7.54. The van der Waals surface area contributed by atoms with Crippen LogP contribution in [0.25, 0.3) is 21.9 Å². The molecule has 2 aromatic carbocycles. The molecule has 0 spiro atoms. The van der Waals surface area contributed by atoms with Gasteiger partial charge in [0.1, 0.15) is 5.65 Å². The van der Waals surface area contributed by atoms with Gasteiger partial charge in [0.15, 0.2) is 0 Å². The minimum Gasteiger partial charge on any atom is -0.339 e. The highest BCUT2D eigenvalue weighted by Gasteiger charge is 2.01. The number of pyridine rings is 1. The van der Waals surface area contributed by atoms with Gasteiger partial charge >= 0.3 is 0 Å². The number of para-hydroxylation sites is 1. The summed E-state index contributed by atoms with van der Waals surface area (Å²) in [6.45, 7) is 0. The minimum atomic E-state index is 0.685. The molecular weight excluding hydrogens is 338 g/mol. The van der Waals surface area contributed by atoms with Gasteiger partial charge in [-0.05, 0) is 36.4 Å². The van der Waals surface area contributed by atoms with Crippen LogP contribution in [0.3, 0.4) is 0 Å². The summed E-state index contributed by atoms with van der Waals surface area (Å²) in [6, 6.07) is 21.6. The van der Waals surface area contributed by atoms with E-state index in [1.54, 1.807) is 18.3 Å². The number of fused-ring (bicyclic) bond motifs is 3. The topological polar surface area (TPSA) is 52.5 Å². The molecule has 4 heteroatoms. The molecule has 0 saturated heterocycles. The van der Waals surface area contributed by atoms with Crippen LogP contribution in [0.2, 0.25) is 0 Å². The zero-order valence-electron chi connectivity index (χ0n) is 11.6. The molecule has 2 aromatic heterocycles. The van der Waals surface area contributed by atoms with E-state index in [1.165, 1.54) is 10.8 Å². The molecule has 3 nitrogen and oxygen atoms in total. The normalized spacial score (nSPS) is 10.0. The summed E-state index contributed by atoms with van der Waals surface area (Å²) in [7, 11) is 0. The lowest BCUT2D eigenvalue weighted by Crippen LogP contribution is -1.71. The third kappa shape index (κ3) is 3.00. The van der Waals surface area contributed by atoms with E-state index in [2.05, 4.69) is 44.1 Å². The Morgan fingerprint density at radius 2 is 1.77 bits per heavy atom. The molecule has 0 atom stereocenters. The van der Waals surface area contributed by atoms with Crippen LogP contribution in [0, 0.1) is 11.3 Å². The van der Waals surface area contributed by atoms with Gasteiger partial charge < -0.3 is 4.98 Å². The van der Waals surface area contributed by atoms with Crippen LogP contribution in [-0.4, -0.2) is 9.97 Å². The van der Waals surface area contributed by atoms with Gasteiger partial charge in [0, 0.05) is 27.0 Å². The molecule has 0 fully saturated rings. The van der Waals surface area contributed by atoms with Gasteiger partial charge in [-0.25, -0.2) is 4.98 Å². The number of hydrogen-bond acceptors (Lipinski definition) is 2. The molecule has 1 N–H and O–H groups in total. The molecule has 4 rings (SSSR count). The van der Waals surface area contributed by atoms with Crippen molar-refractivity contribution < 1.29 is 0 Å². The minimum absolute atomic E-state index is 0.685. The maximum Gasteiger partial charge on any atom is 0.138 e. The maximum absolute atomic E-state index is 8.39. The first kappa shape index (κ1) is 14.3. The molecule has 0 unspecified atom stereocenters. The first-order valence-electron chi connectivity index (χ1n) is 6.75. The van der Waals surface area contributed by atoms with Crippen LogP contribution in [0.1, 0.15) is 5.56 Å². The Bertz CT molecular complexity index is 916. The van der Waals surface area contributed by atoms with Gasteiger partial charge in [-0.15, -0.1) is 0 Å². The molecule has 4 aromatic rings. The van der Waals surface area contributed by atoms with Crippen molar-refractivity contribution in [1.29, 1.82) is 5.26 Å². The van der Waals surface area contributed by atoms with E-state index >= 15 is 0 Å².